The van der Waals surface area contributed by atoms with Crippen molar-refractivity contribution < 1.29 is 4.39 Å². The van der Waals surface area contributed by atoms with E-state index in [1.54, 1.807) is 6.07 Å². The third-order valence-electron chi connectivity index (χ3n) is 2.75. The molecule has 0 bridgehead atoms. The highest BCUT2D eigenvalue weighted by Gasteiger charge is 2.11. The number of rotatable bonds is 4. The number of nitriles is 1. The molecule has 2 rings (SSSR count). The number of hydrogen-bond acceptors (Lipinski definition) is 4. The van der Waals surface area contributed by atoms with Gasteiger partial charge in [0.05, 0.1) is 18.0 Å². The first-order valence-corrected chi connectivity index (χ1v) is 5.78. The van der Waals surface area contributed by atoms with Crippen molar-refractivity contribution in [1.82, 2.24) is 9.97 Å². The van der Waals surface area contributed by atoms with E-state index in [4.69, 9.17) is 5.26 Å². The van der Waals surface area contributed by atoms with Crippen LogP contribution in [0.1, 0.15) is 13.3 Å². The number of benzene rings is 1. The van der Waals surface area contributed by atoms with Crippen LogP contribution in [-0.2, 0) is 0 Å². The zero-order valence-corrected chi connectivity index (χ0v) is 10.1. The number of anilines is 1. The maximum absolute atomic E-state index is 13.3. The van der Waals surface area contributed by atoms with Crippen LogP contribution in [0.3, 0.4) is 0 Å². The van der Waals surface area contributed by atoms with E-state index in [-0.39, 0.29) is 5.82 Å². The minimum atomic E-state index is -0.310. The molecule has 0 N–H and O–H groups in total. The van der Waals surface area contributed by atoms with Gasteiger partial charge in [0, 0.05) is 18.5 Å². The number of aromatic nitrogens is 2. The first kappa shape index (κ1) is 12.2. The number of halogens is 1. The largest absolute Gasteiger partial charge is 0.355 e. The van der Waals surface area contributed by atoms with E-state index in [0.29, 0.717) is 36.2 Å². The van der Waals surface area contributed by atoms with Crippen LogP contribution in [0.4, 0.5) is 10.2 Å². The van der Waals surface area contributed by atoms with E-state index in [9.17, 15) is 4.39 Å². The highest BCUT2D eigenvalue weighted by Crippen LogP contribution is 2.23. The van der Waals surface area contributed by atoms with Crippen molar-refractivity contribution in [2.75, 3.05) is 18.0 Å². The second-order valence-corrected chi connectivity index (χ2v) is 3.85. The Morgan fingerprint density at radius 3 is 2.94 bits per heavy atom. The maximum atomic E-state index is 13.3. The van der Waals surface area contributed by atoms with Crippen LogP contribution in [0, 0.1) is 17.1 Å². The van der Waals surface area contributed by atoms with Crippen LogP contribution in [0.2, 0.25) is 0 Å². The number of nitrogens with zero attached hydrogens (tertiary/aromatic N) is 4. The second kappa shape index (κ2) is 5.41. The van der Waals surface area contributed by atoms with Gasteiger partial charge in [-0.2, -0.15) is 5.26 Å². The van der Waals surface area contributed by atoms with Crippen molar-refractivity contribution >= 4 is 16.7 Å². The molecular weight excluding hydrogens is 231 g/mol. The fourth-order valence-electron chi connectivity index (χ4n) is 1.87. The summed E-state index contributed by atoms with van der Waals surface area (Å²) in [4.78, 5) is 10.3. The molecule has 0 aliphatic heterocycles. The third kappa shape index (κ3) is 2.38. The van der Waals surface area contributed by atoms with Gasteiger partial charge in [-0.3, -0.25) is 0 Å². The molecule has 5 heteroatoms. The SMILES string of the molecule is CCN(CCC#N)c1ncnc2ccc(F)cc12. The summed E-state index contributed by atoms with van der Waals surface area (Å²) in [6.45, 7) is 3.27. The summed E-state index contributed by atoms with van der Waals surface area (Å²) in [5.74, 6) is 0.368. The van der Waals surface area contributed by atoms with Crippen LogP contribution in [0.25, 0.3) is 10.9 Å². The predicted molar refractivity (Wildman–Crippen MR) is 67.6 cm³/mol. The average molecular weight is 244 g/mol. The van der Waals surface area contributed by atoms with E-state index in [0.717, 1.165) is 0 Å². The molecule has 0 saturated carbocycles. The standard InChI is InChI=1S/C13H13FN4/c1-2-18(7-3-6-15)13-11-8-10(14)4-5-12(11)16-9-17-13/h4-5,8-9H,2-3,7H2,1H3. The fourth-order valence-corrected chi connectivity index (χ4v) is 1.87. The van der Waals surface area contributed by atoms with Crippen molar-refractivity contribution in [1.29, 1.82) is 5.26 Å². The Hall–Kier alpha value is -2.22. The molecule has 0 aliphatic rings. The topological polar surface area (TPSA) is 52.8 Å². The van der Waals surface area contributed by atoms with E-state index in [1.807, 2.05) is 11.8 Å². The Kier molecular flexibility index (Phi) is 3.68. The van der Waals surface area contributed by atoms with Crippen molar-refractivity contribution in [2.24, 2.45) is 0 Å². The Bertz CT molecular complexity index is 591. The summed E-state index contributed by atoms with van der Waals surface area (Å²) in [6, 6.07) is 6.55. The normalized spacial score (nSPS) is 10.3. The maximum Gasteiger partial charge on any atom is 0.140 e. The lowest BCUT2D eigenvalue weighted by molar-refractivity contribution is 0.629. The molecule has 92 valence electrons. The molecule has 0 atom stereocenters. The first-order valence-electron chi connectivity index (χ1n) is 5.78. The zero-order valence-electron chi connectivity index (χ0n) is 10.1. The first-order chi connectivity index (χ1) is 8.76. The van der Waals surface area contributed by atoms with E-state index in [1.165, 1.54) is 18.5 Å². The van der Waals surface area contributed by atoms with Gasteiger partial charge in [0.1, 0.15) is 18.0 Å². The Labute approximate surface area is 105 Å². The minimum Gasteiger partial charge on any atom is -0.355 e. The van der Waals surface area contributed by atoms with Gasteiger partial charge in [-0.15, -0.1) is 0 Å². The lowest BCUT2D eigenvalue weighted by Gasteiger charge is -2.21. The van der Waals surface area contributed by atoms with Gasteiger partial charge >= 0.3 is 0 Å². The third-order valence-corrected chi connectivity index (χ3v) is 2.75. The lowest BCUT2D eigenvalue weighted by atomic mass is 10.2. The molecule has 0 amide bonds. The average Bonchev–Trinajstić information content (AvgIpc) is 2.40. The van der Waals surface area contributed by atoms with Crippen molar-refractivity contribution in [3.05, 3.63) is 30.3 Å². The summed E-state index contributed by atoms with van der Waals surface area (Å²) in [5.41, 5.74) is 0.705. The Morgan fingerprint density at radius 1 is 1.39 bits per heavy atom. The molecule has 1 aromatic carbocycles. The van der Waals surface area contributed by atoms with Gasteiger partial charge in [-0.05, 0) is 25.1 Å². The Balaban J connectivity index is 2.48. The van der Waals surface area contributed by atoms with Gasteiger partial charge < -0.3 is 4.90 Å². The Morgan fingerprint density at radius 2 is 2.22 bits per heavy atom. The second-order valence-electron chi connectivity index (χ2n) is 3.85. The highest BCUT2D eigenvalue weighted by atomic mass is 19.1. The molecule has 1 heterocycles. The highest BCUT2D eigenvalue weighted by molar-refractivity contribution is 5.89. The summed E-state index contributed by atoms with van der Waals surface area (Å²) < 4.78 is 13.3. The molecule has 0 spiro atoms. The van der Waals surface area contributed by atoms with Crippen molar-refractivity contribution in [3.8, 4) is 6.07 Å². The van der Waals surface area contributed by atoms with Crippen LogP contribution < -0.4 is 4.90 Å². The van der Waals surface area contributed by atoms with Crippen molar-refractivity contribution in [3.63, 3.8) is 0 Å². The van der Waals surface area contributed by atoms with Gasteiger partial charge in [-0.1, -0.05) is 0 Å². The molecule has 4 nitrogen and oxygen atoms in total. The fraction of sp³-hybridized carbons (Fsp3) is 0.308. The molecule has 0 fully saturated rings. The van der Waals surface area contributed by atoms with Crippen LogP contribution >= 0.6 is 0 Å². The quantitative estimate of drug-likeness (QED) is 0.829. The van der Waals surface area contributed by atoms with Crippen LogP contribution in [0.5, 0.6) is 0 Å². The molecular formula is C13H13FN4. The van der Waals surface area contributed by atoms with Gasteiger partial charge in [0.2, 0.25) is 0 Å². The molecule has 18 heavy (non-hydrogen) atoms. The predicted octanol–water partition coefficient (Wildman–Crippen LogP) is 2.51. The summed E-state index contributed by atoms with van der Waals surface area (Å²) in [6.07, 6.45) is 1.87. The smallest absolute Gasteiger partial charge is 0.140 e. The zero-order chi connectivity index (χ0) is 13.0. The van der Waals surface area contributed by atoms with E-state index < -0.39 is 0 Å². The van der Waals surface area contributed by atoms with Crippen molar-refractivity contribution in [2.45, 2.75) is 13.3 Å². The molecule has 0 unspecified atom stereocenters. The van der Waals surface area contributed by atoms with E-state index >= 15 is 0 Å². The molecule has 0 aliphatic carbocycles. The number of fused-ring (bicyclic) bond motifs is 1. The summed E-state index contributed by atoms with van der Waals surface area (Å²) in [7, 11) is 0. The van der Waals surface area contributed by atoms with Crippen LogP contribution in [-0.4, -0.2) is 23.1 Å². The number of hydrogen-bond donors (Lipinski definition) is 0. The lowest BCUT2D eigenvalue weighted by Crippen LogP contribution is -2.25. The molecule has 1 aromatic heterocycles. The van der Waals surface area contributed by atoms with Gasteiger partial charge in [0.25, 0.3) is 0 Å². The molecule has 0 saturated heterocycles. The van der Waals surface area contributed by atoms with Crippen LogP contribution in [0.15, 0.2) is 24.5 Å². The summed E-state index contributed by atoms with van der Waals surface area (Å²) >= 11 is 0. The monoisotopic (exact) mass is 244 g/mol. The minimum absolute atomic E-state index is 0.310. The molecule has 2 aromatic rings. The van der Waals surface area contributed by atoms with E-state index in [2.05, 4.69) is 16.0 Å². The van der Waals surface area contributed by atoms with Gasteiger partial charge in [0.15, 0.2) is 0 Å². The summed E-state index contributed by atoms with van der Waals surface area (Å²) in [5, 5.41) is 9.32. The molecule has 0 radical (unpaired) electrons. The van der Waals surface area contributed by atoms with Gasteiger partial charge in [-0.25, -0.2) is 14.4 Å².